The maximum absolute atomic E-state index is 11.6. The van der Waals surface area contributed by atoms with E-state index >= 15 is 0 Å². The molecule has 0 bridgehead atoms. The Morgan fingerprint density at radius 2 is 2.20 bits per heavy atom. The molecular weight excluding hydrogens is 276 g/mol. The summed E-state index contributed by atoms with van der Waals surface area (Å²) in [5, 5.41) is 6.87. The van der Waals surface area contributed by atoms with Gasteiger partial charge in [0.2, 0.25) is 0 Å². The minimum atomic E-state index is -0.124. The first-order valence-corrected chi connectivity index (χ1v) is 7.37. The Balaban J connectivity index is 1.94. The Morgan fingerprint density at radius 3 is 2.85 bits per heavy atom. The van der Waals surface area contributed by atoms with Gasteiger partial charge in [-0.1, -0.05) is 17.7 Å². The topological polar surface area (TPSA) is 50.4 Å². The van der Waals surface area contributed by atoms with Crippen molar-refractivity contribution in [1.82, 2.24) is 10.6 Å². The second-order valence-electron chi connectivity index (χ2n) is 5.38. The van der Waals surface area contributed by atoms with Crippen LogP contribution in [0.2, 0.25) is 5.02 Å². The van der Waals surface area contributed by atoms with E-state index in [0.717, 1.165) is 5.56 Å². The number of benzene rings is 1. The lowest BCUT2D eigenvalue weighted by atomic mass is 10.2. The van der Waals surface area contributed by atoms with Gasteiger partial charge in [0.15, 0.2) is 6.61 Å². The van der Waals surface area contributed by atoms with Crippen LogP contribution in [0.3, 0.4) is 0 Å². The Bertz CT molecular complexity index is 473. The van der Waals surface area contributed by atoms with Gasteiger partial charge in [0.25, 0.3) is 5.91 Å². The highest BCUT2D eigenvalue weighted by Gasteiger charge is 2.21. The van der Waals surface area contributed by atoms with E-state index in [9.17, 15) is 4.79 Å². The van der Waals surface area contributed by atoms with E-state index in [1.165, 1.54) is 12.8 Å². The molecule has 1 aromatic rings. The van der Waals surface area contributed by atoms with Crippen LogP contribution < -0.4 is 15.4 Å². The molecule has 0 radical (unpaired) electrons. The third-order valence-corrected chi connectivity index (χ3v) is 3.38. The van der Waals surface area contributed by atoms with E-state index < -0.39 is 0 Å². The summed E-state index contributed by atoms with van der Waals surface area (Å²) in [6, 6.07) is 6.23. The number of hydrogen-bond acceptors (Lipinski definition) is 3. The van der Waals surface area contributed by atoms with Crippen LogP contribution in [0.1, 0.15) is 32.3 Å². The molecule has 20 heavy (non-hydrogen) atoms. The molecule has 0 spiro atoms. The van der Waals surface area contributed by atoms with Gasteiger partial charge in [-0.2, -0.15) is 0 Å². The molecule has 2 N–H and O–H groups in total. The predicted octanol–water partition coefficient (Wildman–Crippen LogP) is 2.50. The number of halogens is 1. The smallest absolute Gasteiger partial charge is 0.258 e. The maximum atomic E-state index is 11.6. The van der Waals surface area contributed by atoms with E-state index in [2.05, 4.69) is 10.6 Å². The molecule has 1 aliphatic carbocycles. The van der Waals surface area contributed by atoms with E-state index in [0.29, 0.717) is 23.4 Å². The number of nitrogens with one attached hydrogen (secondary N) is 2. The van der Waals surface area contributed by atoms with Crippen LogP contribution in [0.25, 0.3) is 0 Å². The average Bonchev–Trinajstić information content (AvgIpc) is 3.18. The second-order valence-corrected chi connectivity index (χ2v) is 5.79. The molecule has 1 fully saturated rings. The lowest BCUT2D eigenvalue weighted by Gasteiger charge is -2.14. The second kappa shape index (κ2) is 6.95. The first-order valence-electron chi connectivity index (χ1n) is 6.99. The van der Waals surface area contributed by atoms with E-state index in [-0.39, 0.29) is 18.6 Å². The number of carbonyl (C=O) groups excluding carboxylic acids is 1. The summed E-state index contributed by atoms with van der Waals surface area (Å²) in [6.07, 6.45) is 2.44. The minimum absolute atomic E-state index is 0.00888. The Hall–Kier alpha value is -1.26. The van der Waals surface area contributed by atoms with Crippen molar-refractivity contribution in [3.05, 3.63) is 28.8 Å². The zero-order valence-corrected chi connectivity index (χ0v) is 12.7. The molecule has 4 nitrogen and oxygen atoms in total. The lowest BCUT2D eigenvalue weighted by Crippen LogP contribution is -2.34. The van der Waals surface area contributed by atoms with E-state index in [1.807, 2.05) is 32.0 Å². The zero-order valence-electron chi connectivity index (χ0n) is 11.9. The van der Waals surface area contributed by atoms with Crippen molar-refractivity contribution in [2.24, 2.45) is 0 Å². The Morgan fingerprint density at radius 1 is 1.45 bits per heavy atom. The van der Waals surface area contributed by atoms with Gasteiger partial charge >= 0.3 is 0 Å². The van der Waals surface area contributed by atoms with Gasteiger partial charge in [-0.25, -0.2) is 0 Å². The molecule has 1 aromatic carbocycles. The van der Waals surface area contributed by atoms with Gasteiger partial charge in [0, 0.05) is 29.2 Å². The molecule has 1 aliphatic rings. The van der Waals surface area contributed by atoms with Crippen LogP contribution in [-0.2, 0) is 11.3 Å². The van der Waals surface area contributed by atoms with Crippen LogP contribution >= 0.6 is 11.6 Å². The van der Waals surface area contributed by atoms with Gasteiger partial charge in [-0.3, -0.25) is 4.79 Å². The molecular formula is C15H21ClN2O2. The van der Waals surface area contributed by atoms with Gasteiger partial charge in [0.1, 0.15) is 5.75 Å². The molecule has 1 saturated carbocycles. The molecule has 0 aromatic heterocycles. The van der Waals surface area contributed by atoms with Gasteiger partial charge < -0.3 is 15.4 Å². The van der Waals surface area contributed by atoms with Gasteiger partial charge in [-0.15, -0.1) is 0 Å². The summed E-state index contributed by atoms with van der Waals surface area (Å²) >= 11 is 6.21. The maximum Gasteiger partial charge on any atom is 0.258 e. The molecule has 5 heteroatoms. The Labute approximate surface area is 124 Å². The summed E-state index contributed by atoms with van der Waals surface area (Å²) in [4.78, 5) is 11.6. The fourth-order valence-electron chi connectivity index (χ4n) is 1.89. The predicted molar refractivity (Wildman–Crippen MR) is 80.1 cm³/mol. The monoisotopic (exact) mass is 296 g/mol. The molecule has 0 atom stereocenters. The SMILES string of the molecule is CC(C)NC(=O)COc1cccc(Cl)c1CNC1CC1. The first kappa shape index (κ1) is 15.1. The third kappa shape index (κ3) is 4.69. The fourth-order valence-corrected chi connectivity index (χ4v) is 2.12. The number of hydrogen-bond donors (Lipinski definition) is 2. The van der Waals surface area contributed by atoms with E-state index in [4.69, 9.17) is 16.3 Å². The molecule has 0 unspecified atom stereocenters. The normalized spacial score (nSPS) is 14.4. The van der Waals surface area contributed by atoms with Crippen molar-refractivity contribution in [2.45, 2.75) is 45.3 Å². The summed E-state index contributed by atoms with van der Waals surface area (Å²) in [5.41, 5.74) is 0.915. The van der Waals surface area contributed by atoms with Crippen molar-refractivity contribution in [1.29, 1.82) is 0 Å². The molecule has 2 rings (SSSR count). The van der Waals surface area contributed by atoms with Crippen LogP contribution in [0.4, 0.5) is 0 Å². The number of carbonyl (C=O) groups is 1. The third-order valence-electron chi connectivity index (χ3n) is 3.03. The van der Waals surface area contributed by atoms with Crippen LogP contribution in [0, 0.1) is 0 Å². The minimum Gasteiger partial charge on any atom is -0.483 e. The highest BCUT2D eigenvalue weighted by Crippen LogP contribution is 2.28. The van der Waals surface area contributed by atoms with Gasteiger partial charge in [-0.05, 0) is 38.8 Å². The van der Waals surface area contributed by atoms with Crippen LogP contribution in [0.5, 0.6) is 5.75 Å². The highest BCUT2D eigenvalue weighted by molar-refractivity contribution is 6.31. The van der Waals surface area contributed by atoms with Crippen molar-refractivity contribution in [3.63, 3.8) is 0 Å². The average molecular weight is 297 g/mol. The zero-order chi connectivity index (χ0) is 14.5. The van der Waals surface area contributed by atoms with Crippen LogP contribution in [-0.4, -0.2) is 24.6 Å². The molecule has 1 amide bonds. The van der Waals surface area contributed by atoms with Crippen molar-refractivity contribution in [2.75, 3.05) is 6.61 Å². The van der Waals surface area contributed by atoms with Gasteiger partial charge in [0.05, 0.1) is 0 Å². The number of ether oxygens (including phenoxy) is 1. The van der Waals surface area contributed by atoms with Crippen molar-refractivity contribution in [3.8, 4) is 5.75 Å². The summed E-state index contributed by atoms with van der Waals surface area (Å²) in [7, 11) is 0. The molecule has 0 heterocycles. The fraction of sp³-hybridized carbons (Fsp3) is 0.533. The molecule has 110 valence electrons. The number of amides is 1. The van der Waals surface area contributed by atoms with Crippen LogP contribution in [0.15, 0.2) is 18.2 Å². The number of rotatable bonds is 7. The molecule has 0 aliphatic heterocycles. The standard InChI is InChI=1S/C15H21ClN2O2/c1-10(2)18-15(19)9-20-14-5-3-4-13(16)12(14)8-17-11-6-7-11/h3-5,10-11,17H,6-9H2,1-2H3,(H,18,19). The summed E-state index contributed by atoms with van der Waals surface area (Å²) < 4.78 is 5.60. The van der Waals surface area contributed by atoms with Crippen molar-refractivity contribution >= 4 is 17.5 Å². The lowest BCUT2D eigenvalue weighted by molar-refractivity contribution is -0.123. The Kier molecular flexibility index (Phi) is 5.26. The highest BCUT2D eigenvalue weighted by atomic mass is 35.5. The largest absolute Gasteiger partial charge is 0.483 e. The summed E-state index contributed by atoms with van der Waals surface area (Å²) in [6.45, 7) is 4.52. The quantitative estimate of drug-likeness (QED) is 0.813. The molecule has 0 saturated heterocycles. The van der Waals surface area contributed by atoms with Crippen molar-refractivity contribution < 1.29 is 9.53 Å². The summed E-state index contributed by atoms with van der Waals surface area (Å²) in [5.74, 6) is 0.547. The first-order chi connectivity index (χ1) is 9.56. The van der Waals surface area contributed by atoms with E-state index in [1.54, 1.807) is 0 Å².